The highest BCUT2D eigenvalue weighted by atomic mass is 32.2. The van der Waals surface area contributed by atoms with E-state index in [-0.39, 0.29) is 16.6 Å². The smallest absolute Gasteiger partial charge is 0.313 e. The van der Waals surface area contributed by atoms with Crippen LogP contribution in [-0.2, 0) is 4.79 Å². The third-order valence-corrected chi connectivity index (χ3v) is 4.34. The maximum Gasteiger partial charge on any atom is 0.313 e. The fourth-order valence-electron chi connectivity index (χ4n) is 2.29. The van der Waals surface area contributed by atoms with Gasteiger partial charge < -0.3 is 5.11 Å². The maximum absolute atomic E-state index is 14.3. The van der Waals surface area contributed by atoms with Crippen molar-refractivity contribution in [3.8, 4) is 5.69 Å². The van der Waals surface area contributed by atoms with Crippen molar-refractivity contribution >= 4 is 17.7 Å². The van der Waals surface area contributed by atoms with Crippen molar-refractivity contribution in [1.29, 1.82) is 0 Å². The molecule has 10 heteroatoms. The lowest BCUT2D eigenvalue weighted by Crippen LogP contribution is -2.15. The number of carbonyl (C=O) groups is 1. The number of halogens is 2. The van der Waals surface area contributed by atoms with Gasteiger partial charge in [-0.15, -0.1) is 10.2 Å². The number of carboxylic acids is 1. The third kappa shape index (κ3) is 3.53. The Balaban J connectivity index is 2.11. The Bertz CT molecular complexity index is 897. The zero-order valence-corrected chi connectivity index (χ0v) is 13.8. The molecule has 2 aromatic heterocycles. The normalized spacial score (nSPS) is 12.3. The van der Waals surface area contributed by atoms with Gasteiger partial charge in [0.1, 0.15) is 17.7 Å². The van der Waals surface area contributed by atoms with Gasteiger partial charge in [-0.05, 0) is 25.1 Å². The van der Waals surface area contributed by atoms with E-state index in [0.717, 1.165) is 23.9 Å². The van der Waals surface area contributed by atoms with Crippen molar-refractivity contribution in [3.63, 3.8) is 0 Å². The van der Waals surface area contributed by atoms with Crippen LogP contribution in [0.3, 0.4) is 0 Å². The summed E-state index contributed by atoms with van der Waals surface area (Å²) in [5, 5.41) is 21.2. The molecular weight excluding hydrogens is 352 g/mol. The fourth-order valence-corrected chi connectivity index (χ4v) is 2.96. The van der Waals surface area contributed by atoms with Crippen LogP contribution in [-0.4, -0.2) is 41.4 Å². The lowest BCUT2D eigenvalue weighted by atomic mass is 10.2. The molecule has 1 unspecified atom stereocenters. The average Bonchev–Trinajstić information content (AvgIpc) is 3.22. The van der Waals surface area contributed by atoms with Gasteiger partial charge in [-0.25, -0.2) is 8.78 Å². The van der Waals surface area contributed by atoms with E-state index in [1.807, 2.05) is 0 Å². The predicted octanol–water partition coefficient (Wildman–Crippen LogP) is 2.53. The molecule has 2 heterocycles. The van der Waals surface area contributed by atoms with E-state index in [1.54, 1.807) is 30.1 Å². The first-order chi connectivity index (χ1) is 12.0. The number of hydrogen-bond donors (Lipinski definition) is 1. The van der Waals surface area contributed by atoms with Crippen LogP contribution in [0.2, 0.25) is 0 Å². The molecule has 7 nitrogen and oxygen atoms in total. The molecule has 0 fully saturated rings. The quantitative estimate of drug-likeness (QED) is 0.676. The molecule has 0 spiro atoms. The second-order valence-electron chi connectivity index (χ2n) is 5.12. The Kier molecular flexibility index (Phi) is 4.79. The van der Waals surface area contributed by atoms with Crippen LogP contribution >= 0.6 is 11.8 Å². The van der Waals surface area contributed by atoms with Gasteiger partial charge >= 0.3 is 5.97 Å². The summed E-state index contributed by atoms with van der Waals surface area (Å²) >= 11 is 0.898. The molecule has 0 aliphatic carbocycles. The summed E-state index contributed by atoms with van der Waals surface area (Å²) in [6.45, 7) is 1.79. The van der Waals surface area contributed by atoms with Gasteiger partial charge in [0.25, 0.3) is 0 Å². The van der Waals surface area contributed by atoms with Gasteiger partial charge in [0.15, 0.2) is 11.0 Å². The third-order valence-electron chi connectivity index (χ3n) is 3.43. The minimum absolute atomic E-state index is 0.0355. The average molecular weight is 365 g/mol. The topological polar surface area (TPSA) is 85.8 Å². The SMILES string of the molecule is CC(c1nnc(SCC(=O)O)n1-c1ccc(F)cc1F)n1cccn1. The Morgan fingerprint density at radius 1 is 1.36 bits per heavy atom. The van der Waals surface area contributed by atoms with Crippen molar-refractivity contribution in [2.45, 2.75) is 18.1 Å². The maximum atomic E-state index is 14.3. The molecule has 1 aromatic carbocycles. The Labute approximate surface area is 145 Å². The molecule has 3 aromatic rings. The van der Waals surface area contributed by atoms with Gasteiger partial charge in [0, 0.05) is 18.5 Å². The zero-order chi connectivity index (χ0) is 18.0. The van der Waals surface area contributed by atoms with E-state index >= 15 is 0 Å². The number of carboxylic acid groups (broad SMARTS) is 1. The Hall–Kier alpha value is -2.75. The number of benzene rings is 1. The highest BCUT2D eigenvalue weighted by Gasteiger charge is 2.23. The molecular formula is C15H13F2N5O2S. The van der Waals surface area contributed by atoms with Crippen molar-refractivity contribution in [2.24, 2.45) is 0 Å². The second kappa shape index (κ2) is 7.01. The number of aromatic nitrogens is 5. The summed E-state index contributed by atoms with van der Waals surface area (Å²) in [5.41, 5.74) is 0.0355. The van der Waals surface area contributed by atoms with Crippen LogP contribution < -0.4 is 0 Å². The number of hydrogen-bond acceptors (Lipinski definition) is 5. The largest absolute Gasteiger partial charge is 0.481 e. The molecule has 1 N–H and O–H groups in total. The van der Waals surface area contributed by atoms with Gasteiger partial charge in [-0.1, -0.05) is 11.8 Å². The van der Waals surface area contributed by atoms with E-state index in [4.69, 9.17) is 5.11 Å². The van der Waals surface area contributed by atoms with Gasteiger partial charge in [0.2, 0.25) is 0 Å². The first-order valence-electron chi connectivity index (χ1n) is 7.22. The summed E-state index contributed by atoms with van der Waals surface area (Å²) in [7, 11) is 0. The molecule has 0 aliphatic heterocycles. The Morgan fingerprint density at radius 3 is 2.80 bits per heavy atom. The van der Waals surface area contributed by atoms with Crippen molar-refractivity contribution < 1.29 is 18.7 Å². The van der Waals surface area contributed by atoms with Crippen molar-refractivity contribution in [1.82, 2.24) is 24.5 Å². The molecule has 25 heavy (non-hydrogen) atoms. The highest BCUT2D eigenvalue weighted by molar-refractivity contribution is 7.99. The summed E-state index contributed by atoms with van der Waals surface area (Å²) < 4.78 is 30.6. The standard InChI is InChI=1S/C15H13F2N5O2S/c1-9(21-6-2-5-18-21)14-19-20-15(25-8-13(23)24)22(14)12-4-3-10(16)7-11(12)17/h2-7,9H,8H2,1H3,(H,23,24). The monoisotopic (exact) mass is 365 g/mol. The molecule has 3 rings (SSSR count). The summed E-state index contributed by atoms with van der Waals surface area (Å²) in [5.74, 6) is -2.47. The number of rotatable bonds is 6. The van der Waals surface area contributed by atoms with Crippen LogP contribution in [0.4, 0.5) is 8.78 Å². The molecule has 0 amide bonds. The number of aliphatic carboxylic acids is 1. The van der Waals surface area contributed by atoms with Crippen molar-refractivity contribution in [3.05, 3.63) is 54.1 Å². The van der Waals surface area contributed by atoms with Gasteiger partial charge in [0.05, 0.1) is 11.4 Å². The van der Waals surface area contributed by atoms with Crippen LogP contribution in [0.5, 0.6) is 0 Å². The molecule has 0 saturated carbocycles. The van der Waals surface area contributed by atoms with Crippen LogP contribution in [0, 0.1) is 11.6 Å². The minimum Gasteiger partial charge on any atom is -0.481 e. The van der Waals surface area contributed by atoms with E-state index in [1.165, 1.54) is 10.6 Å². The summed E-state index contributed by atoms with van der Waals surface area (Å²) in [6, 6.07) is 4.47. The first kappa shape index (κ1) is 17.1. The highest BCUT2D eigenvalue weighted by Crippen LogP contribution is 2.28. The molecule has 130 valence electrons. The van der Waals surface area contributed by atoms with E-state index in [9.17, 15) is 13.6 Å². The molecule has 0 radical (unpaired) electrons. The van der Waals surface area contributed by atoms with E-state index in [2.05, 4.69) is 15.3 Å². The second-order valence-corrected chi connectivity index (χ2v) is 6.06. The lowest BCUT2D eigenvalue weighted by molar-refractivity contribution is -0.133. The van der Waals surface area contributed by atoms with Crippen LogP contribution in [0.15, 0.2) is 41.8 Å². The van der Waals surface area contributed by atoms with E-state index in [0.29, 0.717) is 5.82 Å². The molecule has 0 saturated heterocycles. The molecule has 0 bridgehead atoms. The van der Waals surface area contributed by atoms with Crippen molar-refractivity contribution in [2.75, 3.05) is 5.75 Å². The zero-order valence-electron chi connectivity index (χ0n) is 13.0. The van der Waals surface area contributed by atoms with Crippen LogP contribution in [0.25, 0.3) is 5.69 Å². The number of nitrogens with zero attached hydrogens (tertiary/aromatic N) is 5. The van der Waals surface area contributed by atoms with Crippen LogP contribution in [0.1, 0.15) is 18.8 Å². The van der Waals surface area contributed by atoms with Gasteiger partial charge in [-0.2, -0.15) is 5.10 Å². The summed E-state index contributed by atoms with van der Waals surface area (Å²) in [4.78, 5) is 10.8. The summed E-state index contributed by atoms with van der Waals surface area (Å²) in [6.07, 6.45) is 3.31. The molecule has 0 aliphatic rings. The van der Waals surface area contributed by atoms with E-state index < -0.39 is 23.6 Å². The van der Waals surface area contributed by atoms with Gasteiger partial charge in [-0.3, -0.25) is 14.0 Å². The fraction of sp³-hybridized carbons (Fsp3) is 0.200. The minimum atomic E-state index is -1.04. The number of thioether (sulfide) groups is 1. The predicted molar refractivity (Wildman–Crippen MR) is 85.7 cm³/mol. The first-order valence-corrected chi connectivity index (χ1v) is 8.20. The molecule has 1 atom stereocenters. The lowest BCUT2D eigenvalue weighted by Gasteiger charge is -2.15. The Morgan fingerprint density at radius 2 is 2.16 bits per heavy atom.